The van der Waals surface area contributed by atoms with E-state index in [0.29, 0.717) is 24.1 Å². The van der Waals surface area contributed by atoms with Crippen molar-refractivity contribution in [3.63, 3.8) is 0 Å². The van der Waals surface area contributed by atoms with E-state index in [1.165, 1.54) is 0 Å². The van der Waals surface area contributed by atoms with Crippen molar-refractivity contribution in [3.8, 4) is 0 Å². The van der Waals surface area contributed by atoms with E-state index in [9.17, 15) is 30.0 Å². The lowest BCUT2D eigenvalue weighted by Crippen LogP contribution is -2.84. The van der Waals surface area contributed by atoms with Crippen LogP contribution in [0.1, 0.15) is 53.9 Å². The molecule has 0 aromatic heterocycles. The molecule has 0 amide bonds. The molecule has 0 aromatic carbocycles. The summed E-state index contributed by atoms with van der Waals surface area (Å²) in [6.45, 7) is 13.4. The molecule has 6 fully saturated rings. The number of nitrogens with zero attached hydrogens (tertiary/aromatic N) is 1. The van der Waals surface area contributed by atoms with Crippen LogP contribution >= 0.6 is 0 Å². The highest BCUT2D eigenvalue weighted by atomic mass is 16.6. The van der Waals surface area contributed by atoms with E-state index in [1.54, 1.807) is 39.8 Å². The topological polar surface area (TPSA) is 137 Å². The zero-order valence-electron chi connectivity index (χ0n) is 24.3. The predicted octanol–water partition coefficient (Wildman–Crippen LogP) is 1.49. The van der Waals surface area contributed by atoms with Crippen molar-refractivity contribution < 1.29 is 39.5 Å². The van der Waals surface area contributed by atoms with E-state index in [0.717, 1.165) is 5.57 Å². The van der Waals surface area contributed by atoms with E-state index >= 15 is 0 Å². The number of ether oxygens (including phenoxy) is 2. The number of carbonyl (C=O) groups excluding carboxylic acids is 2. The average Bonchev–Trinajstić information content (AvgIpc) is 3.21. The summed E-state index contributed by atoms with van der Waals surface area (Å²) in [5, 5.41) is 48.2. The van der Waals surface area contributed by atoms with Crippen LogP contribution < -0.4 is 0 Å². The predicted molar refractivity (Wildman–Crippen MR) is 144 cm³/mol. The molecule has 5 aliphatic carbocycles. The molecule has 0 aromatic rings. The van der Waals surface area contributed by atoms with Crippen LogP contribution in [0.3, 0.4) is 0 Å². The van der Waals surface area contributed by atoms with Crippen molar-refractivity contribution in [2.45, 2.75) is 96.0 Å². The Morgan fingerprint density at radius 1 is 1.00 bits per heavy atom. The molecule has 6 aliphatic rings. The summed E-state index contributed by atoms with van der Waals surface area (Å²) in [5.41, 5.74) is -3.28. The van der Waals surface area contributed by atoms with Gasteiger partial charge in [0.25, 0.3) is 0 Å². The van der Waals surface area contributed by atoms with Gasteiger partial charge in [0.2, 0.25) is 0 Å². The van der Waals surface area contributed by atoms with E-state index in [2.05, 4.69) is 11.5 Å². The summed E-state index contributed by atoms with van der Waals surface area (Å²) in [7, 11) is 1.99. The Morgan fingerprint density at radius 3 is 2.15 bits per heavy atom. The van der Waals surface area contributed by atoms with Gasteiger partial charge in [-0.15, -0.1) is 0 Å². The van der Waals surface area contributed by atoms with Gasteiger partial charge in [-0.25, -0.2) is 9.59 Å². The quantitative estimate of drug-likeness (QED) is 0.230. The smallest absolute Gasteiger partial charge is 0.333 e. The molecule has 1 aliphatic heterocycles. The molecule has 40 heavy (non-hydrogen) atoms. The molecule has 13 atom stereocenters. The third kappa shape index (κ3) is 2.86. The van der Waals surface area contributed by atoms with Gasteiger partial charge in [-0.2, -0.15) is 0 Å². The second-order valence-electron chi connectivity index (χ2n) is 13.8. The van der Waals surface area contributed by atoms with Crippen molar-refractivity contribution >= 4 is 11.9 Å². The van der Waals surface area contributed by atoms with Gasteiger partial charge in [0, 0.05) is 51.8 Å². The number of hydrogen-bond donors (Lipinski definition) is 4. The molecule has 4 N–H and O–H groups in total. The van der Waals surface area contributed by atoms with E-state index in [1.807, 2.05) is 14.0 Å². The lowest BCUT2D eigenvalue weighted by Gasteiger charge is -2.73. The Hall–Kier alpha value is -2.04. The van der Waals surface area contributed by atoms with Gasteiger partial charge in [-0.3, -0.25) is 0 Å². The maximum atomic E-state index is 13.4. The number of carbonyl (C=O) groups is 2. The Bertz CT molecular complexity index is 1240. The first-order valence-corrected chi connectivity index (χ1v) is 14.5. The Kier molecular flexibility index (Phi) is 5.97. The molecule has 2 spiro atoms. The van der Waals surface area contributed by atoms with Crippen LogP contribution in [0, 0.1) is 34.0 Å². The van der Waals surface area contributed by atoms with Gasteiger partial charge < -0.3 is 34.8 Å². The van der Waals surface area contributed by atoms with E-state index in [-0.39, 0.29) is 24.8 Å². The molecule has 0 radical (unpaired) electrons. The maximum absolute atomic E-state index is 13.4. The zero-order chi connectivity index (χ0) is 29.3. The largest absolute Gasteiger partial charge is 0.455 e. The highest BCUT2D eigenvalue weighted by molar-refractivity contribution is 5.89. The molecule has 6 rings (SSSR count). The Labute approximate surface area is 235 Å². The minimum Gasteiger partial charge on any atom is -0.455 e. The van der Waals surface area contributed by atoms with E-state index in [4.69, 9.17) is 9.47 Å². The SMILES string of the molecule is C=C1C[C@@]23[C@H]4[C@H](OC(=O)/C(C)=C/C)[C@H](OC(=O)/C(C)=C/C)[C@@H]1[C@@H]2C1N(C)C[C@]2(C)C[C@H](O)C[C@@]14[C@]2(O)[C@@H](O)[C@@H]3O. The van der Waals surface area contributed by atoms with Crippen molar-refractivity contribution in [2.24, 2.45) is 34.0 Å². The number of likely N-dealkylation sites (tertiary alicyclic amines) is 1. The van der Waals surface area contributed by atoms with E-state index < -0.39 is 76.1 Å². The summed E-state index contributed by atoms with van der Waals surface area (Å²) >= 11 is 0. The minimum absolute atomic E-state index is 0.172. The number of rotatable bonds is 4. The first kappa shape index (κ1) is 28.1. The summed E-state index contributed by atoms with van der Waals surface area (Å²) in [5.74, 6) is -2.63. The van der Waals surface area contributed by atoms with Gasteiger partial charge in [-0.1, -0.05) is 31.2 Å². The second kappa shape index (κ2) is 8.51. The van der Waals surface area contributed by atoms with Crippen LogP contribution in [0.2, 0.25) is 0 Å². The number of piperidine rings is 1. The van der Waals surface area contributed by atoms with Crippen LogP contribution in [0.15, 0.2) is 35.5 Å². The summed E-state index contributed by atoms with van der Waals surface area (Å²) in [4.78, 5) is 28.9. The number of allylic oxidation sites excluding steroid dienone is 2. The van der Waals surface area contributed by atoms with Crippen molar-refractivity contribution in [1.29, 1.82) is 0 Å². The fourth-order valence-electron chi connectivity index (χ4n) is 11.1. The first-order chi connectivity index (χ1) is 18.7. The summed E-state index contributed by atoms with van der Waals surface area (Å²) in [6.07, 6.45) is -1.41. The molecule has 5 saturated carbocycles. The maximum Gasteiger partial charge on any atom is 0.333 e. The number of aliphatic hydroxyl groups excluding tert-OH is 3. The van der Waals surface area contributed by atoms with Gasteiger partial charge in [-0.05, 0) is 59.9 Å². The molecular formula is C31H43NO8. The molecular weight excluding hydrogens is 514 g/mol. The lowest BCUT2D eigenvalue weighted by atomic mass is 9.38. The van der Waals surface area contributed by atoms with Crippen molar-refractivity contribution in [3.05, 3.63) is 35.5 Å². The molecule has 6 bridgehead atoms. The monoisotopic (exact) mass is 557 g/mol. The number of aliphatic hydroxyl groups is 4. The third-order valence-corrected chi connectivity index (χ3v) is 12.3. The van der Waals surface area contributed by atoms with Crippen LogP contribution in [0.4, 0.5) is 0 Å². The Morgan fingerprint density at radius 2 is 1.57 bits per heavy atom. The van der Waals surface area contributed by atoms with Gasteiger partial charge in [0.1, 0.15) is 23.9 Å². The van der Waals surface area contributed by atoms with Crippen molar-refractivity contribution in [2.75, 3.05) is 13.6 Å². The number of hydrogen-bond acceptors (Lipinski definition) is 9. The molecule has 9 nitrogen and oxygen atoms in total. The normalized spacial score (nSPS) is 53.0. The van der Waals surface area contributed by atoms with Gasteiger partial charge in [0.05, 0.1) is 12.2 Å². The highest BCUT2D eigenvalue weighted by Gasteiger charge is 2.93. The van der Waals surface area contributed by atoms with Crippen LogP contribution in [-0.2, 0) is 19.1 Å². The molecule has 9 heteroatoms. The highest BCUT2D eigenvalue weighted by Crippen LogP contribution is 2.84. The zero-order valence-corrected chi connectivity index (χ0v) is 24.3. The first-order valence-electron chi connectivity index (χ1n) is 14.5. The summed E-state index contributed by atoms with van der Waals surface area (Å²) in [6, 6.07) is -0.378. The lowest BCUT2D eigenvalue weighted by molar-refractivity contribution is -0.361. The van der Waals surface area contributed by atoms with Gasteiger partial charge >= 0.3 is 11.9 Å². The minimum atomic E-state index is -1.78. The standard InChI is InChI=1S/C31H43NO8/c1-8-14(3)26(36)39-20-18-16(5)10-29-19(18)23-30(22(29)21(20)40-27(37)15(4)9-2)12-17(33)11-28(6,13-32(23)7)31(30,38)25(35)24(29)34/h8-9,17-25,33-35,38H,5,10-13H2,1-4,6-7H3/b14-8+,15-9+/t17-,18-,19+,20+,21+,22+,23?,24-,25-,28-,29-,30-,31-/m0/s1. The molecule has 1 unspecified atom stereocenters. The van der Waals surface area contributed by atoms with Crippen molar-refractivity contribution in [1.82, 2.24) is 4.90 Å². The summed E-state index contributed by atoms with van der Waals surface area (Å²) < 4.78 is 12.5. The average molecular weight is 558 g/mol. The fraction of sp³-hybridized carbons (Fsp3) is 0.742. The molecule has 1 heterocycles. The van der Waals surface area contributed by atoms with Crippen LogP contribution in [-0.4, -0.2) is 93.0 Å². The van der Waals surface area contributed by atoms with Crippen LogP contribution in [0.25, 0.3) is 0 Å². The van der Waals surface area contributed by atoms with Gasteiger partial charge in [0.15, 0.2) is 0 Å². The third-order valence-electron chi connectivity index (χ3n) is 12.3. The fourth-order valence-corrected chi connectivity index (χ4v) is 11.1. The molecule has 220 valence electrons. The number of esters is 2. The molecule has 1 saturated heterocycles. The second-order valence-corrected chi connectivity index (χ2v) is 13.8. The van der Waals surface area contributed by atoms with Crippen LogP contribution in [0.5, 0.6) is 0 Å². The Balaban J connectivity index is 1.64.